The van der Waals surface area contributed by atoms with Gasteiger partial charge in [-0.2, -0.15) is 8.78 Å². The summed E-state index contributed by atoms with van der Waals surface area (Å²) in [7, 11) is -2.62. The Morgan fingerprint density at radius 3 is 2.50 bits per heavy atom. The molecule has 3 N–H and O–H groups in total. The summed E-state index contributed by atoms with van der Waals surface area (Å²) in [6.45, 7) is -1.40. The van der Waals surface area contributed by atoms with Gasteiger partial charge in [0.2, 0.25) is 15.9 Å². The summed E-state index contributed by atoms with van der Waals surface area (Å²) < 4.78 is 57.1. The molecule has 0 saturated carbocycles. The highest BCUT2D eigenvalue weighted by Gasteiger charge is 2.13. The van der Waals surface area contributed by atoms with E-state index in [-0.39, 0.29) is 22.1 Å². The van der Waals surface area contributed by atoms with E-state index in [0.717, 1.165) is 0 Å². The lowest BCUT2D eigenvalue weighted by atomic mass is 10.2. The van der Waals surface area contributed by atoms with Crippen molar-refractivity contribution in [2.45, 2.75) is 18.4 Å². The number of primary sulfonamides is 1. The fourth-order valence-electron chi connectivity index (χ4n) is 2.32. The zero-order valence-electron chi connectivity index (χ0n) is 15.0. The largest absolute Gasteiger partial charge is 0.493 e. The number of carbonyl (C=O) groups is 1. The van der Waals surface area contributed by atoms with Gasteiger partial charge in [0.1, 0.15) is 0 Å². The van der Waals surface area contributed by atoms with Crippen LogP contribution in [0.5, 0.6) is 11.5 Å². The van der Waals surface area contributed by atoms with E-state index < -0.39 is 22.5 Å². The second-order valence-electron chi connectivity index (χ2n) is 5.64. The molecule has 0 aromatic heterocycles. The second-order valence-corrected chi connectivity index (χ2v) is 7.17. The molecule has 0 aliphatic heterocycles. The number of nitrogens with one attached hydrogen (secondary N) is 1. The number of alkyl halides is 2. The summed E-state index contributed by atoms with van der Waals surface area (Å²) in [6.07, 6.45) is 2.62. The standard InChI is InChI=1S/C18H18F2N2O5S/c1-11-3-6-13(10-16(11)28(21,24)25)22-17(23)8-5-12-4-7-14(27-18(19)20)15(9-12)26-2/h3-10,18H,1-2H3,(H,22,23)(H2,21,24,25)/b8-5+. The summed E-state index contributed by atoms with van der Waals surface area (Å²) in [5.41, 5.74) is 1.21. The van der Waals surface area contributed by atoms with Gasteiger partial charge in [-0.25, -0.2) is 13.6 Å². The first-order valence-electron chi connectivity index (χ1n) is 7.85. The van der Waals surface area contributed by atoms with Crippen molar-refractivity contribution >= 4 is 27.7 Å². The smallest absolute Gasteiger partial charge is 0.387 e. The van der Waals surface area contributed by atoms with Crippen molar-refractivity contribution in [1.82, 2.24) is 0 Å². The molecule has 0 atom stereocenters. The predicted octanol–water partition coefficient (Wildman–Crippen LogP) is 2.90. The lowest BCUT2D eigenvalue weighted by molar-refractivity contribution is -0.111. The quantitative estimate of drug-likeness (QED) is 0.680. The minimum absolute atomic E-state index is 0.0826. The minimum atomic E-state index is -3.92. The number of benzene rings is 2. The summed E-state index contributed by atoms with van der Waals surface area (Å²) >= 11 is 0. The molecule has 0 fully saturated rings. The van der Waals surface area contributed by atoms with Crippen LogP contribution in [-0.2, 0) is 14.8 Å². The number of anilines is 1. The molecule has 7 nitrogen and oxygen atoms in total. The van der Waals surface area contributed by atoms with Crippen molar-refractivity contribution in [3.8, 4) is 11.5 Å². The maximum atomic E-state index is 12.3. The Bertz CT molecular complexity index is 1010. The summed E-state index contributed by atoms with van der Waals surface area (Å²) in [5.74, 6) is -0.579. The number of sulfonamides is 1. The SMILES string of the molecule is COc1cc(/C=C/C(=O)Nc2ccc(C)c(S(N)(=O)=O)c2)ccc1OC(F)F. The van der Waals surface area contributed by atoms with Crippen LogP contribution in [0.4, 0.5) is 14.5 Å². The first kappa shape index (κ1) is 21.3. The molecule has 0 aliphatic rings. The van der Waals surface area contributed by atoms with Crippen LogP contribution in [0.2, 0.25) is 0 Å². The van der Waals surface area contributed by atoms with E-state index in [9.17, 15) is 22.0 Å². The molecule has 2 aromatic carbocycles. The number of carbonyl (C=O) groups excluding carboxylic acids is 1. The number of ether oxygens (including phenoxy) is 2. The number of hydrogen-bond donors (Lipinski definition) is 2. The molecule has 0 aliphatic carbocycles. The van der Waals surface area contributed by atoms with Crippen LogP contribution in [-0.4, -0.2) is 28.0 Å². The molecule has 0 heterocycles. The van der Waals surface area contributed by atoms with Gasteiger partial charge in [0.25, 0.3) is 0 Å². The average molecular weight is 412 g/mol. The summed E-state index contributed by atoms with van der Waals surface area (Å²) in [4.78, 5) is 12.0. The normalized spacial score (nSPS) is 11.6. The van der Waals surface area contributed by atoms with E-state index in [1.807, 2.05) is 0 Å². The Labute approximate surface area is 160 Å². The van der Waals surface area contributed by atoms with Crippen LogP contribution in [0.1, 0.15) is 11.1 Å². The maximum Gasteiger partial charge on any atom is 0.387 e. The van der Waals surface area contributed by atoms with E-state index in [4.69, 9.17) is 9.88 Å². The highest BCUT2D eigenvalue weighted by atomic mass is 32.2. The average Bonchev–Trinajstić information content (AvgIpc) is 2.61. The Hall–Kier alpha value is -2.98. The molecule has 2 rings (SSSR count). The monoisotopic (exact) mass is 412 g/mol. The van der Waals surface area contributed by atoms with Crippen molar-refractivity contribution in [3.05, 3.63) is 53.6 Å². The van der Waals surface area contributed by atoms with Crippen molar-refractivity contribution in [2.24, 2.45) is 5.14 Å². The van der Waals surface area contributed by atoms with Gasteiger partial charge in [-0.1, -0.05) is 12.1 Å². The number of methoxy groups -OCH3 is 1. The first-order valence-corrected chi connectivity index (χ1v) is 9.40. The highest BCUT2D eigenvalue weighted by Crippen LogP contribution is 2.29. The molecule has 2 aromatic rings. The number of aryl methyl sites for hydroxylation is 1. The fourth-order valence-corrected chi connectivity index (χ4v) is 3.13. The van der Waals surface area contributed by atoms with Crippen LogP contribution in [0.3, 0.4) is 0 Å². The molecule has 0 radical (unpaired) electrons. The van der Waals surface area contributed by atoms with Gasteiger partial charge in [0.05, 0.1) is 12.0 Å². The number of rotatable bonds is 7. The highest BCUT2D eigenvalue weighted by molar-refractivity contribution is 7.89. The lowest BCUT2D eigenvalue weighted by Gasteiger charge is -2.10. The van der Waals surface area contributed by atoms with Gasteiger partial charge in [-0.3, -0.25) is 4.79 Å². The number of amides is 1. The maximum absolute atomic E-state index is 12.3. The van der Waals surface area contributed by atoms with Crippen molar-refractivity contribution in [3.63, 3.8) is 0 Å². The number of halogens is 2. The third kappa shape index (κ3) is 5.76. The zero-order chi connectivity index (χ0) is 20.9. The van der Waals surface area contributed by atoms with Crippen LogP contribution in [0.15, 0.2) is 47.4 Å². The van der Waals surface area contributed by atoms with Gasteiger partial charge in [-0.05, 0) is 48.4 Å². The van der Waals surface area contributed by atoms with E-state index >= 15 is 0 Å². The van der Waals surface area contributed by atoms with Crippen LogP contribution in [0, 0.1) is 6.92 Å². The van der Waals surface area contributed by atoms with E-state index in [1.54, 1.807) is 6.92 Å². The van der Waals surface area contributed by atoms with Gasteiger partial charge < -0.3 is 14.8 Å². The lowest BCUT2D eigenvalue weighted by Crippen LogP contribution is -2.15. The second kappa shape index (κ2) is 8.81. The molecule has 1 amide bonds. The number of nitrogens with two attached hydrogens (primary N) is 1. The first-order chi connectivity index (χ1) is 13.1. The van der Waals surface area contributed by atoms with Crippen molar-refractivity contribution in [1.29, 1.82) is 0 Å². The molecule has 0 saturated heterocycles. The Morgan fingerprint density at radius 1 is 1.18 bits per heavy atom. The third-order valence-corrected chi connectivity index (χ3v) is 4.65. The fraction of sp³-hybridized carbons (Fsp3) is 0.167. The van der Waals surface area contributed by atoms with E-state index in [0.29, 0.717) is 11.1 Å². The summed E-state index contributed by atoms with van der Waals surface area (Å²) in [5, 5.41) is 7.66. The van der Waals surface area contributed by atoms with Crippen molar-refractivity contribution in [2.75, 3.05) is 12.4 Å². The topological polar surface area (TPSA) is 108 Å². The van der Waals surface area contributed by atoms with Gasteiger partial charge in [0, 0.05) is 11.8 Å². The van der Waals surface area contributed by atoms with E-state index in [1.165, 1.54) is 55.7 Å². The summed E-state index contributed by atoms with van der Waals surface area (Å²) in [6, 6.07) is 8.50. The van der Waals surface area contributed by atoms with Crippen LogP contribution >= 0.6 is 0 Å². The number of hydrogen-bond acceptors (Lipinski definition) is 5. The molecule has 0 spiro atoms. The Kier molecular flexibility index (Phi) is 6.71. The Morgan fingerprint density at radius 2 is 1.89 bits per heavy atom. The molecule has 0 bridgehead atoms. The molecule has 28 heavy (non-hydrogen) atoms. The predicted molar refractivity (Wildman–Crippen MR) is 99.8 cm³/mol. The van der Waals surface area contributed by atoms with E-state index in [2.05, 4.69) is 10.1 Å². The minimum Gasteiger partial charge on any atom is -0.493 e. The van der Waals surface area contributed by atoms with Crippen LogP contribution in [0.25, 0.3) is 6.08 Å². The zero-order valence-corrected chi connectivity index (χ0v) is 15.8. The molecule has 150 valence electrons. The molecular weight excluding hydrogens is 394 g/mol. The third-order valence-electron chi connectivity index (χ3n) is 3.59. The molecule has 10 heteroatoms. The van der Waals surface area contributed by atoms with Gasteiger partial charge >= 0.3 is 6.61 Å². The Balaban J connectivity index is 2.14. The van der Waals surface area contributed by atoms with Gasteiger partial charge in [0.15, 0.2) is 11.5 Å². The van der Waals surface area contributed by atoms with Crippen molar-refractivity contribution < 1.29 is 31.5 Å². The van der Waals surface area contributed by atoms with Gasteiger partial charge in [-0.15, -0.1) is 0 Å². The molecule has 0 unspecified atom stereocenters. The molecular formula is C18H18F2N2O5S. The van der Waals surface area contributed by atoms with Crippen LogP contribution < -0.4 is 19.9 Å².